The Kier molecular flexibility index (Phi) is 7.56. The molecule has 0 aliphatic heterocycles. The Morgan fingerprint density at radius 2 is 2.06 bits per heavy atom. The summed E-state index contributed by atoms with van der Waals surface area (Å²) in [6, 6.07) is 10.3. The maximum atomic E-state index is 11.3. The molecule has 17 heavy (non-hydrogen) atoms. The first-order valence-electron chi connectivity index (χ1n) is 6.10. The minimum atomic E-state index is -0.0866. The summed E-state index contributed by atoms with van der Waals surface area (Å²) in [7, 11) is 0. The van der Waals surface area contributed by atoms with Gasteiger partial charge in [-0.3, -0.25) is 4.79 Å². The van der Waals surface area contributed by atoms with Gasteiger partial charge in [-0.1, -0.05) is 43.7 Å². The molecule has 0 aliphatic rings. The van der Waals surface area contributed by atoms with Crippen molar-refractivity contribution in [1.29, 1.82) is 0 Å². The van der Waals surface area contributed by atoms with E-state index in [0.29, 0.717) is 12.4 Å². The molecule has 0 amide bonds. The predicted molar refractivity (Wildman–Crippen MR) is 73.3 cm³/mol. The van der Waals surface area contributed by atoms with Crippen LogP contribution in [0.2, 0.25) is 0 Å². The van der Waals surface area contributed by atoms with Gasteiger partial charge in [0, 0.05) is 0 Å². The molecule has 1 aromatic rings. The van der Waals surface area contributed by atoms with Crippen molar-refractivity contribution in [2.75, 3.05) is 18.1 Å². The fourth-order valence-electron chi connectivity index (χ4n) is 1.36. The van der Waals surface area contributed by atoms with E-state index in [1.54, 1.807) is 11.8 Å². The number of hydrogen-bond donors (Lipinski definition) is 0. The normalized spacial score (nSPS) is 10.2. The van der Waals surface area contributed by atoms with E-state index in [0.717, 1.165) is 25.0 Å². The van der Waals surface area contributed by atoms with E-state index >= 15 is 0 Å². The summed E-state index contributed by atoms with van der Waals surface area (Å²) >= 11 is 1.64. The van der Waals surface area contributed by atoms with Crippen LogP contribution in [0.3, 0.4) is 0 Å². The Labute approximate surface area is 108 Å². The highest BCUT2D eigenvalue weighted by molar-refractivity contribution is 7.99. The molecule has 0 aliphatic carbocycles. The Balaban J connectivity index is 2.02. The number of benzene rings is 1. The Bertz CT molecular complexity index is 311. The molecule has 1 rings (SSSR count). The van der Waals surface area contributed by atoms with Gasteiger partial charge in [-0.2, -0.15) is 0 Å². The van der Waals surface area contributed by atoms with Gasteiger partial charge in [0.05, 0.1) is 12.4 Å². The van der Waals surface area contributed by atoms with E-state index in [4.69, 9.17) is 4.74 Å². The van der Waals surface area contributed by atoms with E-state index in [1.165, 1.54) is 5.56 Å². The van der Waals surface area contributed by atoms with Gasteiger partial charge >= 0.3 is 5.97 Å². The number of hydrogen-bond acceptors (Lipinski definition) is 3. The minimum absolute atomic E-state index is 0.0866. The summed E-state index contributed by atoms with van der Waals surface area (Å²) < 4.78 is 5.07. The van der Waals surface area contributed by atoms with Crippen molar-refractivity contribution >= 4 is 17.7 Å². The molecule has 0 heterocycles. The van der Waals surface area contributed by atoms with Crippen LogP contribution in [-0.4, -0.2) is 24.1 Å². The topological polar surface area (TPSA) is 26.3 Å². The number of unbranched alkanes of at least 4 members (excludes halogenated alkanes) is 1. The molecule has 0 N–H and O–H groups in total. The summed E-state index contributed by atoms with van der Waals surface area (Å²) in [5.74, 6) is 1.35. The van der Waals surface area contributed by atoms with Crippen LogP contribution in [0.5, 0.6) is 0 Å². The van der Waals surface area contributed by atoms with Crippen molar-refractivity contribution in [3.05, 3.63) is 35.9 Å². The molecule has 0 bridgehead atoms. The summed E-state index contributed by atoms with van der Waals surface area (Å²) in [6.45, 7) is 2.65. The molecule has 3 heteroatoms. The SMILES string of the molecule is CCCCOC(=O)CSCCc1ccccc1. The molecular formula is C14H20O2S. The Morgan fingerprint density at radius 1 is 1.29 bits per heavy atom. The lowest BCUT2D eigenvalue weighted by Crippen LogP contribution is -2.09. The Hall–Kier alpha value is -0.960. The molecule has 94 valence electrons. The summed E-state index contributed by atoms with van der Waals surface area (Å²) in [6.07, 6.45) is 3.03. The molecule has 0 radical (unpaired) electrons. The third kappa shape index (κ3) is 7.05. The Morgan fingerprint density at radius 3 is 2.76 bits per heavy atom. The third-order valence-electron chi connectivity index (χ3n) is 2.36. The average Bonchev–Trinajstić information content (AvgIpc) is 2.36. The van der Waals surface area contributed by atoms with Crippen LogP contribution in [0, 0.1) is 0 Å². The zero-order chi connectivity index (χ0) is 12.3. The standard InChI is InChI=1S/C14H20O2S/c1-2-3-10-16-14(15)12-17-11-9-13-7-5-4-6-8-13/h4-8H,2-3,9-12H2,1H3. The zero-order valence-electron chi connectivity index (χ0n) is 10.4. The van der Waals surface area contributed by atoms with Gasteiger partial charge in [0.15, 0.2) is 0 Å². The molecular weight excluding hydrogens is 232 g/mol. The number of carbonyl (C=O) groups is 1. The van der Waals surface area contributed by atoms with Gasteiger partial charge < -0.3 is 4.74 Å². The van der Waals surface area contributed by atoms with E-state index in [9.17, 15) is 4.79 Å². The summed E-state index contributed by atoms with van der Waals surface area (Å²) in [5.41, 5.74) is 1.32. The second kappa shape index (κ2) is 9.11. The molecule has 0 spiro atoms. The fraction of sp³-hybridized carbons (Fsp3) is 0.500. The number of esters is 1. The predicted octanol–water partition coefficient (Wildman–Crippen LogP) is 3.31. The molecule has 0 aromatic heterocycles. The smallest absolute Gasteiger partial charge is 0.315 e. The first-order valence-corrected chi connectivity index (χ1v) is 7.25. The third-order valence-corrected chi connectivity index (χ3v) is 3.29. The van der Waals surface area contributed by atoms with Crippen molar-refractivity contribution < 1.29 is 9.53 Å². The highest BCUT2D eigenvalue weighted by atomic mass is 32.2. The highest BCUT2D eigenvalue weighted by Crippen LogP contribution is 2.07. The van der Waals surface area contributed by atoms with E-state index in [2.05, 4.69) is 19.1 Å². The second-order valence-corrected chi connectivity index (χ2v) is 4.97. The van der Waals surface area contributed by atoms with Crippen LogP contribution in [0.4, 0.5) is 0 Å². The number of ether oxygens (including phenoxy) is 1. The largest absolute Gasteiger partial charge is 0.465 e. The molecule has 0 atom stereocenters. The monoisotopic (exact) mass is 252 g/mol. The van der Waals surface area contributed by atoms with Crippen molar-refractivity contribution in [2.45, 2.75) is 26.2 Å². The van der Waals surface area contributed by atoms with Crippen LogP contribution in [0.25, 0.3) is 0 Å². The van der Waals surface area contributed by atoms with Gasteiger partial charge in [0.25, 0.3) is 0 Å². The first-order chi connectivity index (χ1) is 8.33. The van der Waals surface area contributed by atoms with Crippen LogP contribution >= 0.6 is 11.8 Å². The molecule has 0 saturated heterocycles. The van der Waals surface area contributed by atoms with E-state index in [-0.39, 0.29) is 5.97 Å². The number of thioether (sulfide) groups is 1. The van der Waals surface area contributed by atoms with Crippen LogP contribution in [-0.2, 0) is 16.0 Å². The number of carbonyl (C=O) groups excluding carboxylic acids is 1. The second-order valence-electron chi connectivity index (χ2n) is 3.86. The average molecular weight is 252 g/mol. The number of aryl methyl sites for hydroxylation is 1. The van der Waals surface area contributed by atoms with Crippen LogP contribution < -0.4 is 0 Å². The van der Waals surface area contributed by atoms with E-state index in [1.807, 2.05) is 18.2 Å². The maximum Gasteiger partial charge on any atom is 0.315 e. The van der Waals surface area contributed by atoms with Gasteiger partial charge in [-0.25, -0.2) is 0 Å². The van der Waals surface area contributed by atoms with Crippen molar-refractivity contribution in [2.24, 2.45) is 0 Å². The van der Waals surface area contributed by atoms with Gasteiger partial charge in [-0.15, -0.1) is 11.8 Å². The van der Waals surface area contributed by atoms with Gasteiger partial charge in [0.2, 0.25) is 0 Å². The molecule has 0 saturated carbocycles. The van der Waals surface area contributed by atoms with E-state index < -0.39 is 0 Å². The lowest BCUT2D eigenvalue weighted by Gasteiger charge is -2.04. The quantitative estimate of drug-likeness (QED) is 0.524. The zero-order valence-corrected chi connectivity index (χ0v) is 11.2. The molecule has 0 unspecified atom stereocenters. The van der Waals surface area contributed by atoms with Gasteiger partial charge in [0.1, 0.15) is 0 Å². The van der Waals surface area contributed by atoms with Crippen molar-refractivity contribution in [3.8, 4) is 0 Å². The minimum Gasteiger partial charge on any atom is -0.465 e. The molecule has 2 nitrogen and oxygen atoms in total. The summed E-state index contributed by atoms with van der Waals surface area (Å²) in [4.78, 5) is 11.3. The highest BCUT2D eigenvalue weighted by Gasteiger charge is 2.02. The fourth-order valence-corrected chi connectivity index (χ4v) is 2.14. The molecule has 0 fully saturated rings. The maximum absolute atomic E-state index is 11.3. The van der Waals surface area contributed by atoms with Crippen molar-refractivity contribution in [3.63, 3.8) is 0 Å². The van der Waals surface area contributed by atoms with Crippen LogP contribution in [0.1, 0.15) is 25.3 Å². The number of rotatable bonds is 8. The lowest BCUT2D eigenvalue weighted by molar-refractivity contribution is -0.140. The molecule has 1 aromatic carbocycles. The van der Waals surface area contributed by atoms with Crippen LogP contribution in [0.15, 0.2) is 30.3 Å². The lowest BCUT2D eigenvalue weighted by atomic mass is 10.2. The van der Waals surface area contributed by atoms with Gasteiger partial charge in [-0.05, 0) is 24.2 Å². The first kappa shape index (κ1) is 14.1. The summed E-state index contributed by atoms with van der Waals surface area (Å²) in [5, 5.41) is 0. The van der Waals surface area contributed by atoms with Crippen molar-refractivity contribution in [1.82, 2.24) is 0 Å².